The van der Waals surface area contributed by atoms with E-state index < -0.39 is 5.97 Å². The first-order chi connectivity index (χ1) is 8.63. The summed E-state index contributed by atoms with van der Waals surface area (Å²) in [5, 5.41) is 8.71. The van der Waals surface area contributed by atoms with E-state index in [4.69, 9.17) is 5.11 Å². The van der Waals surface area contributed by atoms with Crippen LogP contribution in [0, 0.1) is 5.92 Å². The van der Waals surface area contributed by atoms with Crippen molar-refractivity contribution in [1.29, 1.82) is 0 Å². The van der Waals surface area contributed by atoms with E-state index in [1.54, 1.807) is 0 Å². The molecule has 3 heteroatoms. The van der Waals surface area contributed by atoms with Crippen molar-refractivity contribution in [2.24, 2.45) is 5.92 Å². The minimum Gasteiger partial charge on any atom is -0.481 e. The smallest absolute Gasteiger partial charge is 0.303 e. The maximum atomic E-state index is 10.6. The van der Waals surface area contributed by atoms with E-state index in [1.165, 1.54) is 5.69 Å². The monoisotopic (exact) mass is 249 g/mol. The normalized spacial score (nSPS) is 12.1. The van der Waals surface area contributed by atoms with Gasteiger partial charge in [-0.2, -0.15) is 0 Å². The third kappa shape index (κ3) is 5.21. The largest absolute Gasteiger partial charge is 0.481 e. The Hall–Kier alpha value is -1.51. The Morgan fingerprint density at radius 2 is 2.00 bits per heavy atom. The molecule has 1 aromatic carbocycles. The van der Waals surface area contributed by atoms with E-state index in [1.807, 2.05) is 18.2 Å². The fourth-order valence-electron chi connectivity index (χ4n) is 1.89. The van der Waals surface area contributed by atoms with Crippen molar-refractivity contribution in [3.05, 3.63) is 30.3 Å². The van der Waals surface area contributed by atoms with Crippen molar-refractivity contribution in [1.82, 2.24) is 0 Å². The van der Waals surface area contributed by atoms with E-state index >= 15 is 0 Å². The van der Waals surface area contributed by atoms with E-state index in [0.717, 1.165) is 19.5 Å². The Morgan fingerprint density at radius 3 is 2.56 bits per heavy atom. The third-order valence-corrected chi connectivity index (χ3v) is 3.17. The Morgan fingerprint density at radius 1 is 1.33 bits per heavy atom. The molecule has 18 heavy (non-hydrogen) atoms. The van der Waals surface area contributed by atoms with Crippen LogP contribution in [-0.4, -0.2) is 24.2 Å². The van der Waals surface area contributed by atoms with Crippen LogP contribution < -0.4 is 4.90 Å². The highest BCUT2D eigenvalue weighted by atomic mass is 16.4. The number of nitrogens with zero attached hydrogens (tertiary/aromatic N) is 1. The lowest BCUT2D eigenvalue weighted by atomic mass is 10.1. The summed E-state index contributed by atoms with van der Waals surface area (Å²) in [6, 6.07) is 10.2. The Labute approximate surface area is 109 Å². The van der Waals surface area contributed by atoms with Gasteiger partial charge in [-0.1, -0.05) is 38.5 Å². The number of rotatable bonds is 8. The van der Waals surface area contributed by atoms with Crippen LogP contribution in [0.4, 0.5) is 5.69 Å². The lowest BCUT2D eigenvalue weighted by molar-refractivity contribution is -0.137. The van der Waals surface area contributed by atoms with Gasteiger partial charge in [0.15, 0.2) is 0 Å². The molecule has 1 atom stereocenters. The first-order valence-corrected chi connectivity index (χ1v) is 6.65. The van der Waals surface area contributed by atoms with E-state index in [2.05, 4.69) is 30.9 Å². The summed E-state index contributed by atoms with van der Waals surface area (Å²) >= 11 is 0. The van der Waals surface area contributed by atoms with Crippen molar-refractivity contribution >= 4 is 11.7 Å². The fraction of sp³-hybridized carbons (Fsp3) is 0.533. The minimum atomic E-state index is -0.716. The van der Waals surface area contributed by atoms with Gasteiger partial charge in [0.05, 0.1) is 0 Å². The quantitative estimate of drug-likeness (QED) is 0.767. The molecule has 1 rings (SSSR count). The van der Waals surface area contributed by atoms with Crippen LogP contribution in [0.15, 0.2) is 30.3 Å². The molecule has 0 heterocycles. The number of carboxylic acids is 1. The van der Waals surface area contributed by atoms with Gasteiger partial charge in [0.2, 0.25) is 0 Å². The highest BCUT2D eigenvalue weighted by Gasteiger charge is 2.10. The molecule has 0 fully saturated rings. The molecule has 0 saturated carbocycles. The SMILES string of the molecule is CCC(C)CN(CCCC(=O)O)c1ccccc1. The van der Waals surface area contributed by atoms with E-state index in [-0.39, 0.29) is 6.42 Å². The number of benzene rings is 1. The number of aliphatic carboxylic acids is 1. The molecule has 0 amide bonds. The Kier molecular flexibility index (Phi) is 6.26. The second-order valence-corrected chi connectivity index (χ2v) is 4.79. The molecule has 100 valence electrons. The summed E-state index contributed by atoms with van der Waals surface area (Å²) < 4.78 is 0. The predicted octanol–water partition coefficient (Wildman–Crippen LogP) is 3.40. The molecule has 0 aliphatic carbocycles. The zero-order valence-electron chi connectivity index (χ0n) is 11.3. The van der Waals surface area contributed by atoms with Crippen LogP contribution in [0.1, 0.15) is 33.1 Å². The van der Waals surface area contributed by atoms with Crippen molar-refractivity contribution in [2.75, 3.05) is 18.0 Å². The van der Waals surface area contributed by atoms with Gasteiger partial charge in [0, 0.05) is 25.2 Å². The summed E-state index contributed by atoms with van der Waals surface area (Å²) in [4.78, 5) is 12.9. The Balaban J connectivity index is 2.60. The number of carbonyl (C=O) groups is 1. The molecule has 0 aliphatic rings. The number of anilines is 1. The second-order valence-electron chi connectivity index (χ2n) is 4.79. The lowest BCUT2D eigenvalue weighted by Gasteiger charge is -2.27. The van der Waals surface area contributed by atoms with Crippen LogP contribution >= 0.6 is 0 Å². The standard InChI is InChI=1S/C15H23NO2/c1-3-13(2)12-16(11-7-10-15(17)18)14-8-5-4-6-9-14/h4-6,8-9,13H,3,7,10-12H2,1-2H3,(H,17,18). The molecule has 0 aromatic heterocycles. The second kappa shape index (κ2) is 7.75. The van der Waals surface area contributed by atoms with Crippen molar-refractivity contribution in [3.8, 4) is 0 Å². The Bertz CT molecular complexity index is 351. The van der Waals surface area contributed by atoms with Crippen LogP contribution in [0.25, 0.3) is 0 Å². The number of hydrogen-bond acceptors (Lipinski definition) is 2. The van der Waals surface area contributed by atoms with E-state index in [9.17, 15) is 4.79 Å². The molecular weight excluding hydrogens is 226 g/mol. The summed E-state index contributed by atoms with van der Waals surface area (Å²) in [5.41, 5.74) is 1.18. The molecule has 0 bridgehead atoms. The molecule has 0 radical (unpaired) electrons. The average Bonchev–Trinajstić information content (AvgIpc) is 2.38. The topological polar surface area (TPSA) is 40.5 Å². The lowest BCUT2D eigenvalue weighted by Crippen LogP contribution is -2.29. The van der Waals surface area contributed by atoms with Gasteiger partial charge in [0.1, 0.15) is 0 Å². The molecule has 0 saturated heterocycles. The molecule has 0 spiro atoms. The summed E-state index contributed by atoms with van der Waals surface area (Å²) in [7, 11) is 0. The maximum Gasteiger partial charge on any atom is 0.303 e. The average molecular weight is 249 g/mol. The van der Waals surface area contributed by atoms with Gasteiger partial charge in [0.25, 0.3) is 0 Å². The van der Waals surface area contributed by atoms with E-state index in [0.29, 0.717) is 12.3 Å². The molecule has 1 N–H and O–H groups in total. The van der Waals surface area contributed by atoms with Gasteiger partial charge in [-0.05, 0) is 24.5 Å². The molecule has 1 aromatic rings. The van der Waals surface area contributed by atoms with Crippen molar-refractivity contribution < 1.29 is 9.90 Å². The minimum absolute atomic E-state index is 0.240. The zero-order chi connectivity index (χ0) is 13.4. The van der Waals surface area contributed by atoms with Crippen LogP contribution in [0.3, 0.4) is 0 Å². The van der Waals surface area contributed by atoms with Gasteiger partial charge in [-0.3, -0.25) is 4.79 Å². The zero-order valence-corrected chi connectivity index (χ0v) is 11.3. The van der Waals surface area contributed by atoms with Crippen LogP contribution in [0.5, 0.6) is 0 Å². The first kappa shape index (κ1) is 14.6. The highest BCUT2D eigenvalue weighted by Crippen LogP contribution is 2.17. The van der Waals surface area contributed by atoms with Gasteiger partial charge in [-0.15, -0.1) is 0 Å². The van der Waals surface area contributed by atoms with Crippen LogP contribution in [0.2, 0.25) is 0 Å². The number of hydrogen-bond donors (Lipinski definition) is 1. The summed E-state index contributed by atoms with van der Waals surface area (Å²) in [5.74, 6) is -0.0958. The molecular formula is C15H23NO2. The number of carboxylic acid groups (broad SMARTS) is 1. The number of para-hydroxylation sites is 1. The molecule has 3 nitrogen and oxygen atoms in total. The van der Waals surface area contributed by atoms with Crippen molar-refractivity contribution in [3.63, 3.8) is 0 Å². The van der Waals surface area contributed by atoms with Gasteiger partial charge < -0.3 is 10.0 Å². The van der Waals surface area contributed by atoms with Crippen LogP contribution in [-0.2, 0) is 4.79 Å². The summed E-state index contributed by atoms with van der Waals surface area (Å²) in [6.07, 6.45) is 2.08. The molecule has 1 unspecified atom stereocenters. The fourth-order valence-corrected chi connectivity index (χ4v) is 1.89. The predicted molar refractivity (Wildman–Crippen MR) is 75.0 cm³/mol. The summed E-state index contributed by atoms with van der Waals surface area (Å²) in [6.45, 7) is 6.21. The van der Waals surface area contributed by atoms with Gasteiger partial charge in [-0.25, -0.2) is 0 Å². The molecule has 0 aliphatic heterocycles. The maximum absolute atomic E-state index is 10.6. The van der Waals surface area contributed by atoms with Crippen molar-refractivity contribution in [2.45, 2.75) is 33.1 Å². The van der Waals surface area contributed by atoms with Gasteiger partial charge >= 0.3 is 5.97 Å². The first-order valence-electron chi connectivity index (χ1n) is 6.65. The third-order valence-electron chi connectivity index (χ3n) is 3.17. The highest BCUT2D eigenvalue weighted by molar-refractivity contribution is 5.66.